The first-order valence-electron chi connectivity index (χ1n) is 10.4. The fraction of sp³-hybridized carbons (Fsp3) is 0.348. The number of aliphatic hydroxyl groups is 1. The number of alkyl halides is 2. The third kappa shape index (κ3) is 4.25. The van der Waals surface area contributed by atoms with Crippen LogP contribution in [0.3, 0.4) is 0 Å². The van der Waals surface area contributed by atoms with Gasteiger partial charge in [0.1, 0.15) is 23.1 Å². The Kier molecular flexibility index (Phi) is 6.01. The first-order chi connectivity index (χ1) is 15.2. The minimum atomic E-state index is -2.92. The Morgan fingerprint density at radius 2 is 2.00 bits per heavy atom. The van der Waals surface area contributed by atoms with Gasteiger partial charge in [-0.1, -0.05) is 24.3 Å². The molecule has 2 heterocycles. The van der Waals surface area contributed by atoms with Gasteiger partial charge in [0.25, 0.3) is 12.0 Å². The number of pyridine rings is 1. The van der Waals surface area contributed by atoms with Gasteiger partial charge in [0.2, 0.25) is 0 Å². The van der Waals surface area contributed by atoms with Crippen LogP contribution in [-0.2, 0) is 0 Å². The third-order valence-corrected chi connectivity index (χ3v) is 5.67. The maximum atomic E-state index is 14.6. The van der Waals surface area contributed by atoms with Crippen molar-refractivity contribution in [3.8, 4) is 0 Å². The Bertz CT molecular complexity index is 1260. The number of aromatic nitrogens is 3. The maximum Gasteiger partial charge on any atom is 0.266 e. The molecule has 0 fully saturated rings. The van der Waals surface area contributed by atoms with E-state index in [-0.39, 0.29) is 11.1 Å². The van der Waals surface area contributed by atoms with Crippen LogP contribution in [0.1, 0.15) is 61.2 Å². The van der Waals surface area contributed by atoms with Crippen LogP contribution in [0.15, 0.2) is 35.1 Å². The minimum absolute atomic E-state index is 0.0841. The number of hydrogen-bond acceptors (Lipinski definition) is 5. The molecule has 6 nitrogen and oxygen atoms in total. The lowest BCUT2D eigenvalue weighted by Gasteiger charge is -2.20. The quantitative estimate of drug-likeness (QED) is 0.526. The van der Waals surface area contributed by atoms with Crippen LogP contribution in [0.25, 0.3) is 16.6 Å². The first kappa shape index (κ1) is 22.0. The summed E-state index contributed by atoms with van der Waals surface area (Å²) in [5.74, 6) is -0.217. The number of aryl methyl sites for hydroxylation is 1. The zero-order chi connectivity index (χ0) is 23.0. The van der Waals surface area contributed by atoms with Crippen molar-refractivity contribution in [1.29, 1.82) is 0 Å². The van der Waals surface area contributed by atoms with Crippen LogP contribution in [-0.4, -0.2) is 26.2 Å². The number of anilines is 1. The first-order valence-corrected chi connectivity index (χ1v) is 10.4. The Balaban J connectivity index is 1.76. The van der Waals surface area contributed by atoms with Gasteiger partial charge in [-0.15, -0.1) is 0 Å². The van der Waals surface area contributed by atoms with Crippen molar-refractivity contribution < 1.29 is 18.3 Å². The summed E-state index contributed by atoms with van der Waals surface area (Å²) in [6.45, 7) is 3.30. The van der Waals surface area contributed by atoms with Gasteiger partial charge in [0.15, 0.2) is 0 Å². The molecular weight excluding hydrogens is 421 g/mol. The molecule has 9 heteroatoms. The number of nitrogens with one attached hydrogen (secondary N) is 2. The van der Waals surface area contributed by atoms with E-state index in [1.165, 1.54) is 12.1 Å². The molecule has 0 aliphatic heterocycles. The summed E-state index contributed by atoms with van der Waals surface area (Å²) in [7, 11) is 0. The molecule has 2 aromatic heterocycles. The molecule has 0 spiro atoms. The summed E-state index contributed by atoms with van der Waals surface area (Å²) < 4.78 is 40.8. The molecule has 0 saturated heterocycles. The van der Waals surface area contributed by atoms with Gasteiger partial charge in [-0.25, -0.2) is 23.1 Å². The van der Waals surface area contributed by atoms with Crippen molar-refractivity contribution in [2.75, 3.05) is 5.32 Å². The van der Waals surface area contributed by atoms with Gasteiger partial charge in [-0.2, -0.15) is 0 Å². The zero-order valence-electron chi connectivity index (χ0n) is 17.6. The third-order valence-electron chi connectivity index (χ3n) is 5.67. The van der Waals surface area contributed by atoms with Crippen molar-refractivity contribution in [1.82, 2.24) is 15.0 Å². The summed E-state index contributed by atoms with van der Waals surface area (Å²) in [6.07, 6.45) is 0.114. The molecule has 0 bridgehead atoms. The number of rotatable bonds is 5. The monoisotopic (exact) mass is 444 g/mol. The summed E-state index contributed by atoms with van der Waals surface area (Å²) in [5, 5.41) is 13.3. The minimum Gasteiger partial charge on any atom is -0.393 e. The zero-order valence-corrected chi connectivity index (χ0v) is 17.6. The average molecular weight is 444 g/mol. The van der Waals surface area contributed by atoms with E-state index >= 15 is 0 Å². The second kappa shape index (κ2) is 8.74. The average Bonchev–Trinajstić information content (AvgIpc) is 2.73. The summed E-state index contributed by atoms with van der Waals surface area (Å²) >= 11 is 0. The van der Waals surface area contributed by atoms with E-state index < -0.39 is 30.0 Å². The number of benzene rings is 1. The van der Waals surface area contributed by atoms with E-state index in [1.54, 1.807) is 19.9 Å². The highest BCUT2D eigenvalue weighted by molar-refractivity contribution is 5.89. The number of H-pyrrole nitrogens is 1. The van der Waals surface area contributed by atoms with E-state index in [4.69, 9.17) is 0 Å². The van der Waals surface area contributed by atoms with Crippen LogP contribution in [0.4, 0.5) is 19.0 Å². The molecule has 0 radical (unpaired) electrons. The molecule has 168 valence electrons. The molecule has 0 saturated carbocycles. The van der Waals surface area contributed by atoms with Gasteiger partial charge in [-0.3, -0.25) is 4.79 Å². The standard InChI is InChI=1S/C23H23F3N4O2/c1-11(15-4-3-5-16(19(15)24)20(25)26)27-21-18-10-17(13-6-8-14(31)9-7-13)23(32)30-22(18)29-12(2)28-21/h3-6,10-11,14,20,31H,7-9H2,1-2H3,(H2,27,28,29,30,32)/t11-,14?/m1/s1. The number of aromatic amines is 1. The number of fused-ring (bicyclic) bond motifs is 1. The molecule has 1 unspecified atom stereocenters. The second-order valence-corrected chi connectivity index (χ2v) is 7.97. The predicted molar refractivity (Wildman–Crippen MR) is 116 cm³/mol. The SMILES string of the molecule is Cc1nc(N[C@H](C)c2cccc(C(F)F)c2F)c2cc(C3=CCC(O)CC3)c(=O)[nH]c2n1. The van der Waals surface area contributed by atoms with E-state index in [2.05, 4.69) is 20.3 Å². The summed E-state index contributed by atoms with van der Waals surface area (Å²) in [5.41, 5.74) is 0.734. The fourth-order valence-electron chi connectivity index (χ4n) is 3.97. The molecule has 3 N–H and O–H groups in total. The lowest BCUT2D eigenvalue weighted by atomic mass is 9.92. The Morgan fingerprint density at radius 1 is 1.25 bits per heavy atom. The van der Waals surface area contributed by atoms with Gasteiger partial charge in [0.05, 0.1) is 23.1 Å². The van der Waals surface area contributed by atoms with E-state index in [0.717, 1.165) is 11.6 Å². The fourth-order valence-corrected chi connectivity index (χ4v) is 3.97. The van der Waals surface area contributed by atoms with E-state index in [1.807, 2.05) is 6.08 Å². The molecule has 4 rings (SSSR count). The number of allylic oxidation sites excluding steroid dienone is 1. The normalized spacial score (nSPS) is 17.5. The Hall–Kier alpha value is -3.20. The number of nitrogens with zero attached hydrogens (tertiary/aromatic N) is 2. The Morgan fingerprint density at radius 3 is 2.69 bits per heavy atom. The Labute approximate surface area is 182 Å². The lowest BCUT2D eigenvalue weighted by molar-refractivity contribution is 0.146. The van der Waals surface area contributed by atoms with Gasteiger partial charge < -0.3 is 15.4 Å². The van der Waals surface area contributed by atoms with Crippen molar-refractivity contribution in [2.45, 2.75) is 51.7 Å². The predicted octanol–water partition coefficient (Wildman–Crippen LogP) is 4.80. The molecule has 1 aromatic carbocycles. The highest BCUT2D eigenvalue weighted by Crippen LogP contribution is 2.31. The number of aliphatic hydroxyl groups excluding tert-OH is 1. The smallest absolute Gasteiger partial charge is 0.266 e. The van der Waals surface area contributed by atoms with Gasteiger partial charge in [-0.05, 0) is 44.7 Å². The van der Waals surface area contributed by atoms with Crippen LogP contribution >= 0.6 is 0 Å². The van der Waals surface area contributed by atoms with Crippen molar-refractivity contribution >= 4 is 22.4 Å². The maximum absolute atomic E-state index is 14.6. The summed E-state index contributed by atoms with van der Waals surface area (Å²) in [6, 6.07) is 4.90. The lowest BCUT2D eigenvalue weighted by Crippen LogP contribution is -2.18. The van der Waals surface area contributed by atoms with Crippen molar-refractivity contribution in [3.63, 3.8) is 0 Å². The van der Waals surface area contributed by atoms with Crippen LogP contribution < -0.4 is 10.9 Å². The van der Waals surface area contributed by atoms with Gasteiger partial charge in [0, 0.05) is 11.1 Å². The second-order valence-electron chi connectivity index (χ2n) is 7.97. The molecule has 2 atom stereocenters. The number of halogens is 3. The van der Waals surface area contributed by atoms with Gasteiger partial charge >= 0.3 is 0 Å². The number of hydrogen-bond donors (Lipinski definition) is 3. The summed E-state index contributed by atoms with van der Waals surface area (Å²) in [4.78, 5) is 24.1. The van der Waals surface area contributed by atoms with Crippen LogP contribution in [0, 0.1) is 12.7 Å². The molecule has 1 aliphatic rings. The van der Waals surface area contributed by atoms with E-state index in [0.29, 0.717) is 47.5 Å². The molecule has 1 aliphatic carbocycles. The topological polar surface area (TPSA) is 90.9 Å². The van der Waals surface area contributed by atoms with Crippen molar-refractivity contribution in [3.05, 3.63) is 69.0 Å². The molecule has 32 heavy (non-hydrogen) atoms. The highest BCUT2D eigenvalue weighted by Gasteiger charge is 2.21. The van der Waals surface area contributed by atoms with Crippen LogP contribution in [0.2, 0.25) is 0 Å². The molecule has 3 aromatic rings. The highest BCUT2D eigenvalue weighted by atomic mass is 19.3. The largest absolute Gasteiger partial charge is 0.393 e. The molecular formula is C23H23F3N4O2. The van der Waals surface area contributed by atoms with Crippen LogP contribution in [0.5, 0.6) is 0 Å². The van der Waals surface area contributed by atoms with E-state index in [9.17, 15) is 23.1 Å². The van der Waals surface area contributed by atoms with Crippen molar-refractivity contribution in [2.24, 2.45) is 0 Å². The molecule has 0 amide bonds.